The van der Waals surface area contributed by atoms with Crippen molar-refractivity contribution < 1.29 is 19.5 Å². The van der Waals surface area contributed by atoms with Crippen LogP contribution in [0.2, 0.25) is 0 Å². The lowest BCUT2D eigenvalue weighted by Gasteiger charge is -2.45. The van der Waals surface area contributed by atoms with Gasteiger partial charge in [0.15, 0.2) is 0 Å². The van der Waals surface area contributed by atoms with E-state index < -0.39 is 17.8 Å². The summed E-state index contributed by atoms with van der Waals surface area (Å²) in [5.74, 6) is -3.21. The number of carbonyl (C=O) groups is 3. The number of nitrogens with zero attached hydrogens (tertiary/aromatic N) is 1. The van der Waals surface area contributed by atoms with E-state index in [0.717, 1.165) is 22.3 Å². The fraction of sp³-hybridized carbons (Fsp3) is 0.160. The smallest absolute Gasteiger partial charge is 0.238 e. The SMILES string of the molecule is O=C([O-])c1cccc(N2C(=O)[C@@H]3C4c5ccccc5C(c5ccccc54)[C@H]3C2=O)c1. The van der Waals surface area contributed by atoms with Crippen molar-refractivity contribution in [2.45, 2.75) is 11.8 Å². The third-order valence-corrected chi connectivity index (χ3v) is 6.79. The molecule has 1 aliphatic heterocycles. The number of hydrogen-bond acceptors (Lipinski definition) is 4. The van der Waals surface area contributed by atoms with Crippen LogP contribution in [0, 0.1) is 11.8 Å². The summed E-state index contributed by atoms with van der Waals surface area (Å²) < 4.78 is 0. The van der Waals surface area contributed by atoms with Crippen molar-refractivity contribution in [2.75, 3.05) is 4.90 Å². The van der Waals surface area contributed by atoms with E-state index >= 15 is 0 Å². The average molecular weight is 394 g/mol. The van der Waals surface area contributed by atoms with Crippen LogP contribution in [-0.4, -0.2) is 17.8 Å². The molecular weight excluding hydrogens is 378 g/mol. The van der Waals surface area contributed by atoms with Crippen LogP contribution in [0.5, 0.6) is 0 Å². The van der Waals surface area contributed by atoms with Crippen LogP contribution in [0.15, 0.2) is 72.8 Å². The van der Waals surface area contributed by atoms with Gasteiger partial charge in [0.2, 0.25) is 11.8 Å². The zero-order valence-corrected chi connectivity index (χ0v) is 15.8. The number of hydrogen-bond donors (Lipinski definition) is 0. The van der Waals surface area contributed by atoms with Gasteiger partial charge >= 0.3 is 0 Å². The highest BCUT2D eigenvalue weighted by Crippen LogP contribution is 2.61. The van der Waals surface area contributed by atoms with Crippen molar-refractivity contribution >= 4 is 23.5 Å². The summed E-state index contributed by atoms with van der Waals surface area (Å²) in [6.07, 6.45) is 0. The van der Waals surface area contributed by atoms with Gasteiger partial charge in [0.25, 0.3) is 0 Å². The van der Waals surface area contributed by atoms with Gasteiger partial charge in [0, 0.05) is 11.8 Å². The fourth-order valence-corrected chi connectivity index (χ4v) is 5.70. The van der Waals surface area contributed by atoms with Crippen molar-refractivity contribution in [1.29, 1.82) is 0 Å². The molecule has 3 aliphatic carbocycles. The standard InChI is InChI=1S/C25H17NO4/c27-23-21-19-15-8-1-2-9-16(15)20(18-11-4-3-10-17(18)19)22(21)24(28)26(23)14-7-5-6-13(12-14)25(29)30/h1-12,19-22H,(H,29,30)/p-1/t19?,20?,21-,22-/m1/s1. The molecule has 2 bridgehead atoms. The zero-order valence-electron chi connectivity index (χ0n) is 15.8. The quantitative estimate of drug-likeness (QED) is 0.626. The lowest BCUT2D eigenvalue weighted by molar-refractivity contribution is -0.255. The molecule has 1 heterocycles. The van der Waals surface area contributed by atoms with Gasteiger partial charge in [-0.3, -0.25) is 9.59 Å². The maximum absolute atomic E-state index is 13.6. The molecule has 7 rings (SSSR count). The molecule has 3 aromatic rings. The Bertz CT molecular complexity index is 1150. The third-order valence-electron chi connectivity index (χ3n) is 6.79. The first-order valence-corrected chi connectivity index (χ1v) is 9.95. The monoisotopic (exact) mass is 394 g/mol. The number of carboxylic acids is 1. The van der Waals surface area contributed by atoms with Crippen LogP contribution in [-0.2, 0) is 9.59 Å². The molecule has 4 aliphatic rings. The van der Waals surface area contributed by atoms with Crippen molar-refractivity contribution in [3.8, 4) is 0 Å². The van der Waals surface area contributed by atoms with Crippen molar-refractivity contribution in [3.63, 3.8) is 0 Å². The van der Waals surface area contributed by atoms with Crippen LogP contribution in [0.4, 0.5) is 5.69 Å². The largest absolute Gasteiger partial charge is 0.545 e. The van der Waals surface area contributed by atoms with Gasteiger partial charge in [-0.05, 0) is 39.9 Å². The molecule has 5 heteroatoms. The second-order valence-corrected chi connectivity index (χ2v) is 8.11. The van der Waals surface area contributed by atoms with E-state index in [9.17, 15) is 19.5 Å². The molecular formula is C25H16NO4-. The molecule has 30 heavy (non-hydrogen) atoms. The Balaban J connectivity index is 1.54. The van der Waals surface area contributed by atoms with Gasteiger partial charge in [-0.1, -0.05) is 60.7 Å². The molecule has 5 nitrogen and oxygen atoms in total. The Morgan fingerprint density at radius 1 is 0.700 bits per heavy atom. The molecule has 0 aromatic heterocycles. The molecule has 1 saturated heterocycles. The summed E-state index contributed by atoms with van der Waals surface area (Å²) in [6, 6.07) is 22.0. The summed E-state index contributed by atoms with van der Waals surface area (Å²) in [5.41, 5.74) is 4.65. The highest BCUT2D eigenvalue weighted by Gasteiger charge is 2.61. The minimum atomic E-state index is -1.34. The predicted octanol–water partition coefficient (Wildman–Crippen LogP) is 2.45. The van der Waals surface area contributed by atoms with Crippen LogP contribution >= 0.6 is 0 Å². The van der Waals surface area contributed by atoms with E-state index in [2.05, 4.69) is 24.3 Å². The Labute approximate surface area is 172 Å². The molecule has 146 valence electrons. The lowest BCUT2D eigenvalue weighted by atomic mass is 9.55. The Morgan fingerprint density at radius 3 is 1.60 bits per heavy atom. The van der Waals surface area contributed by atoms with Crippen LogP contribution in [0.3, 0.4) is 0 Å². The van der Waals surface area contributed by atoms with E-state index in [4.69, 9.17) is 0 Å². The average Bonchev–Trinajstić information content (AvgIpc) is 3.04. The maximum Gasteiger partial charge on any atom is 0.238 e. The molecule has 2 amide bonds. The fourth-order valence-electron chi connectivity index (χ4n) is 5.70. The van der Waals surface area contributed by atoms with Gasteiger partial charge in [0.05, 0.1) is 23.5 Å². The maximum atomic E-state index is 13.6. The molecule has 0 N–H and O–H groups in total. The molecule has 0 unspecified atom stereocenters. The number of amides is 2. The summed E-state index contributed by atoms with van der Waals surface area (Å²) in [4.78, 5) is 39.6. The van der Waals surface area contributed by atoms with Gasteiger partial charge in [-0.2, -0.15) is 0 Å². The summed E-state index contributed by atoms with van der Waals surface area (Å²) in [7, 11) is 0. The lowest BCUT2D eigenvalue weighted by Crippen LogP contribution is -2.41. The first-order chi connectivity index (χ1) is 14.6. The predicted molar refractivity (Wildman–Crippen MR) is 107 cm³/mol. The summed E-state index contributed by atoms with van der Waals surface area (Å²) in [6.45, 7) is 0. The molecule has 0 radical (unpaired) electrons. The number of aromatic carboxylic acids is 1. The van der Waals surface area contributed by atoms with Crippen molar-refractivity contribution in [2.24, 2.45) is 11.8 Å². The van der Waals surface area contributed by atoms with Gasteiger partial charge in [-0.15, -0.1) is 0 Å². The number of benzene rings is 3. The highest BCUT2D eigenvalue weighted by molar-refractivity contribution is 6.23. The number of rotatable bonds is 2. The second kappa shape index (κ2) is 5.89. The van der Waals surface area contributed by atoms with E-state index in [0.29, 0.717) is 0 Å². The zero-order chi connectivity index (χ0) is 20.6. The first-order valence-electron chi connectivity index (χ1n) is 9.95. The van der Waals surface area contributed by atoms with Gasteiger partial charge in [0.1, 0.15) is 0 Å². The Kier molecular flexibility index (Phi) is 3.37. The normalized spacial score (nSPS) is 25.7. The molecule has 0 saturated carbocycles. The molecule has 0 spiro atoms. The van der Waals surface area contributed by atoms with E-state index in [1.54, 1.807) is 6.07 Å². The third kappa shape index (κ3) is 2.04. The second-order valence-electron chi connectivity index (χ2n) is 8.11. The number of carboxylic acid groups (broad SMARTS) is 1. The first kappa shape index (κ1) is 17.2. The minimum Gasteiger partial charge on any atom is -0.545 e. The number of carbonyl (C=O) groups excluding carboxylic acids is 3. The summed E-state index contributed by atoms with van der Waals surface area (Å²) in [5, 5.41) is 11.3. The van der Waals surface area contributed by atoms with E-state index in [1.807, 2.05) is 24.3 Å². The Morgan fingerprint density at radius 2 is 1.17 bits per heavy atom. The van der Waals surface area contributed by atoms with E-state index in [-0.39, 0.29) is 34.9 Å². The topological polar surface area (TPSA) is 77.5 Å². The minimum absolute atomic E-state index is 0.0579. The van der Waals surface area contributed by atoms with Gasteiger partial charge in [-0.25, -0.2) is 4.90 Å². The van der Waals surface area contributed by atoms with Crippen LogP contribution < -0.4 is 10.0 Å². The van der Waals surface area contributed by atoms with Crippen molar-refractivity contribution in [1.82, 2.24) is 0 Å². The van der Waals surface area contributed by atoms with Crippen molar-refractivity contribution in [3.05, 3.63) is 101 Å². The van der Waals surface area contributed by atoms with Gasteiger partial charge < -0.3 is 9.90 Å². The van der Waals surface area contributed by atoms with Crippen LogP contribution in [0.1, 0.15) is 44.4 Å². The molecule has 1 fully saturated rings. The number of anilines is 1. The highest BCUT2D eigenvalue weighted by atomic mass is 16.4. The van der Waals surface area contributed by atoms with E-state index in [1.165, 1.54) is 23.1 Å². The van der Waals surface area contributed by atoms with Crippen LogP contribution in [0.25, 0.3) is 0 Å². The molecule has 2 atom stereocenters. The Hall–Kier alpha value is -3.73. The molecule has 3 aromatic carbocycles. The number of imide groups is 1. The summed E-state index contributed by atoms with van der Waals surface area (Å²) >= 11 is 0.